The van der Waals surface area contributed by atoms with Gasteiger partial charge in [0.25, 0.3) is 5.91 Å². The number of ether oxygens (including phenoxy) is 1. The molecule has 0 bridgehead atoms. The first kappa shape index (κ1) is 21.2. The van der Waals surface area contributed by atoms with E-state index < -0.39 is 6.61 Å². The zero-order valence-corrected chi connectivity index (χ0v) is 17.1. The van der Waals surface area contributed by atoms with Gasteiger partial charge in [-0.1, -0.05) is 32.9 Å². The quantitative estimate of drug-likeness (QED) is 0.759. The first-order chi connectivity index (χ1) is 13.7. The Morgan fingerprint density at radius 3 is 2.24 bits per heavy atom. The largest absolute Gasteiger partial charge is 0.435 e. The highest BCUT2D eigenvalue weighted by molar-refractivity contribution is 5.94. The molecule has 1 fully saturated rings. The van der Waals surface area contributed by atoms with Gasteiger partial charge in [0.15, 0.2) is 0 Å². The van der Waals surface area contributed by atoms with Crippen LogP contribution in [-0.4, -0.2) is 53.5 Å². The zero-order valence-electron chi connectivity index (χ0n) is 17.1. The smallest absolute Gasteiger partial charge is 0.387 e. The summed E-state index contributed by atoms with van der Waals surface area (Å²) in [7, 11) is 0. The number of amides is 1. The minimum Gasteiger partial charge on any atom is -0.435 e. The number of aromatic nitrogens is 1. The van der Waals surface area contributed by atoms with Crippen LogP contribution in [0.5, 0.6) is 5.75 Å². The average molecular weight is 403 g/mol. The number of pyridine rings is 1. The molecule has 1 aromatic heterocycles. The molecule has 0 aliphatic carbocycles. The zero-order chi connectivity index (χ0) is 21.0. The molecule has 1 aliphatic heterocycles. The van der Waals surface area contributed by atoms with Gasteiger partial charge >= 0.3 is 6.61 Å². The highest BCUT2D eigenvalue weighted by Crippen LogP contribution is 2.21. The van der Waals surface area contributed by atoms with Crippen LogP contribution < -0.4 is 4.74 Å². The summed E-state index contributed by atoms with van der Waals surface area (Å²) >= 11 is 0. The van der Waals surface area contributed by atoms with E-state index in [0.717, 1.165) is 24.3 Å². The minimum atomic E-state index is -2.81. The molecule has 0 N–H and O–H groups in total. The lowest BCUT2D eigenvalue weighted by molar-refractivity contribution is -0.0498. The van der Waals surface area contributed by atoms with Crippen molar-refractivity contribution in [3.8, 4) is 5.75 Å². The summed E-state index contributed by atoms with van der Waals surface area (Å²) in [5.74, 6) is 0.163. The predicted molar refractivity (Wildman–Crippen MR) is 107 cm³/mol. The fourth-order valence-corrected chi connectivity index (χ4v) is 3.29. The van der Waals surface area contributed by atoms with Crippen LogP contribution in [0.1, 0.15) is 42.4 Å². The molecule has 1 saturated heterocycles. The number of halogens is 2. The maximum Gasteiger partial charge on any atom is 0.387 e. The minimum absolute atomic E-state index is 0.00566. The number of alkyl halides is 2. The molecule has 1 aliphatic rings. The molecular weight excluding hydrogens is 376 g/mol. The fraction of sp³-hybridized carbons (Fsp3) is 0.455. The van der Waals surface area contributed by atoms with Gasteiger partial charge in [0, 0.05) is 50.0 Å². The van der Waals surface area contributed by atoms with E-state index in [1.165, 1.54) is 0 Å². The summed E-state index contributed by atoms with van der Waals surface area (Å²) in [6, 6.07) is 10.5. The van der Waals surface area contributed by atoms with Crippen LogP contribution in [0.15, 0.2) is 42.6 Å². The summed E-state index contributed by atoms with van der Waals surface area (Å²) in [6.45, 7) is 6.98. The van der Waals surface area contributed by atoms with E-state index in [0.29, 0.717) is 25.2 Å². The topological polar surface area (TPSA) is 45.7 Å². The monoisotopic (exact) mass is 403 g/mol. The SMILES string of the molecule is CC(C)(C)c1ccc(C(=O)N2CCN(Cc3ccc(OC(F)F)cc3)CC2)cn1. The third kappa shape index (κ3) is 5.73. The summed E-state index contributed by atoms with van der Waals surface area (Å²) in [6.07, 6.45) is 1.66. The Labute approximate surface area is 170 Å². The van der Waals surface area contributed by atoms with E-state index in [-0.39, 0.29) is 17.1 Å². The Morgan fingerprint density at radius 1 is 1.07 bits per heavy atom. The van der Waals surface area contributed by atoms with Crippen LogP contribution >= 0.6 is 0 Å². The Morgan fingerprint density at radius 2 is 1.72 bits per heavy atom. The Balaban J connectivity index is 1.51. The second kappa shape index (κ2) is 8.86. The van der Waals surface area contributed by atoms with Crippen molar-refractivity contribution in [3.63, 3.8) is 0 Å². The summed E-state index contributed by atoms with van der Waals surface area (Å²) in [4.78, 5) is 21.3. The van der Waals surface area contributed by atoms with E-state index in [9.17, 15) is 13.6 Å². The van der Waals surface area contributed by atoms with E-state index in [2.05, 4.69) is 35.4 Å². The van der Waals surface area contributed by atoms with E-state index in [1.54, 1.807) is 30.5 Å². The van der Waals surface area contributed by atoms with E-state index in [4.69, 9.17) is 0 Å². The van der Waals surface area contributed by atoms with Crippen LogP contribution in [-0.2, 0) is 12.0 Å². The Hall–Kier alpha value is -2.54. The molecule has 2 heterocycles. The van der Waals surface area contributed by atoms with E-state index in [1.807, 2.05) is 17.0 Å². The van der Waals surface area contributed by atoms with Crippen molar-refractivity contribution < 1.29 is 18.3 Å². The van der Waals surface area contributed by atoms with Crippen molar-refractivity contribution in [2.24, 2.45) is 0 Å². The van der Waals surface area contributed by atoms with E-state index >= 15 is 0 Å². The van der Waals surface area contributed by atoms with Gasteiger partial charge in [0.1, 0.15) is 5.75 Å². The van der Waals surface area contributed by atoms with Crippen LogP contribution in [0.2, 0.25) is 0 Å². The number of carbonyl (C=O) groups excluding carboxylic acids is 1. The number of hydrogen-bond acceptors (Lipinski definition) is 4. The van der Waals surface area contributed by atoms with Gasteiger partial charge in [-0.3, -0.25) is 14.7 Å². The van der Waals surface area contributed by atoms with Crippen LogP contribution in [0.25, 0.3) is 0 Å². The lowest BCUT2D eigenvalue weighted by atomic mass is 9.91. The maximum absolute atomic E-state index is 12.7. The highest BCUT2D eigenvalue weighted by atomic mass is 19.3. The molecular formula is C22H27F2N3O2. The maximum atomic E-state index is 12.7. The molecule has 0 saturated carbocycles. The van der Waals surface area contributed by atoms with Crippen molar-refractivity contribution in [1.29, 1.82) is 0 Å². The summed E-state index contributed by atoms with van der Waals surface area (Å²) in [5, 5.41) is 0. The number of benzene rings is 1. The summed E-state index contributed by atoms with van der Waals surface area (Å²) < 4.78 is 28.8. The second-order valence-electron chi connectivity index (χ2n) is 8.27. The van der Waals surface area contributed by atoms with Gasteiger partial charge in [0.2, 0.25) is 0 Å². The first-order valence-corrected chi connectivity index (χ1v) is 9.74. The van der Waals surface area contributed by atoms with Gasteiger partial charge < -0.3 is 9.64 Å². The number of piperazine rings is 1. The Kier molecular flexibility index (Phi) is 6.47. The fourth-order valence-electron chi connectivity index (χ4n) is 3.29. The molecule has 0 atom stereocenters. The predicted octanol–water partition coefficient (Wildman–Crippen LogP) is 3.94. The molecule has 5 nitrogen and oxygen atoms in total. The lowest BCUT2D eigenvalue weighted by Crippen LogP contribution is -2.48. The highest BCUT2D eigenvalue weighted by Gasteiger charge is 2.23. The van der Waals surface area contributed by atoms with Crippen LogP contribution in [0.3, 0.4) is 0 Å². The van der Waals surface area contributed by atoms with Gasteiger partial charge in [-0.25, -0.2) is 0 Å². The average Bonchev–Trinajstić information content (AvgIpc) is 2.69. The van der Waals surface area contributed by atoms with Gasteiger partial charge in [-0.15, -0.1) is 0 Å². The standard InChI is InChI=1S/C22H27F2N3O2/c1-22(2,3)19-9-6-17(14-25-19)20(28)27-12-10-26(11-13-27)15-16-4-7-18(8-5-16)29-21(23)24/h4-9,14,21H,10-13,15H2,1-3H3. The molecule has 1 amide bonds. The third-order valence-electron chi connectivity index (χ3n) is 4.99. The van der Waals surface area contributed by atoms with Crippen LogP contribution in [0.4, 0.5) is 8.78 Å². The first-order valence-electron chi connectivity index (χ1n) is 9.74. The molecule has 2 aromatic rings. The number of rotatable bonds is 5. The molecule has 0 radical (unpaired) electrons. The second-order valence-corrected chi connectivity index (χ2v) is 8.27. The Bertz CT molecular complexity index is 809. The van der Waals surface area contributed by atoms with Gasteiger partial charge in [-0.05, 0) is 29.8 Å². The number of hydrogen-bond donors (Lipinski definition) is 0. The van der Waals surface area contributed by atoms with Crippen LogP contribution in [0, 0.1) is 0 Å². The van der Waals surface area contributed by atoms with Crippen molar-refractivity contribution in [2.45, 2.75) is 39.3 Å². The molecule has 0 unspecified atom stereocenters. The number of carbonyl (C=O) groups is 1. The lowest BCUT2D eigenvalue weighted by Gasteiger charge is -2.34. The molecule has 156 valence electrons. The third-order valence-corrected chi connectivity index (χ3v) is 4.99. The van der Waals surface area contributed by atoms with Crippen molar-refractivity contribution in [3.05, 3.63) is 59.4 Å². The molecule has 3 rings (SSSR count). The summed E-state index contributed by atoms with van der Waals surface area (Å²) in [5.41, 5.74) is 2.55. The molecule has 29 heavy (non-hydrogen) atoms. The van der Waals surface area contributed by atoms with Gasteiger partial charge in [-0.2, -0.15) is 8.78 Å². The van der Waals surface area contributed by atoms with Gasteiger partial charge in [0.05, 0.1) is 5.56 Å². The number of nitrogens with zero attached hydrogens (tertiary/aromatic N) is 3. The van der Waals surface area contributed by atoms with Crippen molar-refractivity contribution in [1.82, 2.24) is 14.8 Å². The normalized spacial score (nSPS) is 15.6. The van der Waals surface area contributed by atoms with Crippen molar-refractivity contribution in [2.75, 3.05) is 26.2 Å². The molecule has 1 aromatic carbocycles. The molecule has 7 heteroatoms. The van der Waals surface area contributed by atoms with Crippen molar-refractivity contribution >= 4 is 5.91 Å². The molecule has 0 spiro atoms.